The molecule has 7 nitrogen and oxygen atoms in total. The number of benzene rings is 3. The molecule has 1 N–H and O–H groups in total. The molecule has 0 aliphatic carbocycles. The van der Waals surface area contributed by atoms with E-state index in [9.17, 15) is 5.11 Å². The van der Waals surface area contributed by atoms with E-state index in [2.05, 4.69) is 20.5 Å². The molecule has 0 spiro atoms. The van der Waals surface area contributed by atoms with Crippen molar-refractivity contribution in [3.8, 4) is 11.3 Å². The molecule has 3 aromatic carbocycles. The van der Waals surface area contributed by atoms with Crippen molar-refractivity contribution in [3.63, 3.8) is 0 Å². The van der Waals surface area contributed by atoms with Crippen LogP contribution in [0.3, 0.4) is 0 Å². The smallest absolute Gasteiger partial charge is 0.274 e. The second kappa shape index (κ2) is 8.39. The van der Waals surface area contributed by atoms with Gasteiger partial charge < -0.3 is 5.11 Å². The van der Waals surface area contributed by atoms with Crippen molar-refractivity contribution >= 4 is 39.9 Å². The Kier molecular flexibility index (Phi) is 5.18. The van der Waals surface area contributed by atoms with Crippen LogP contribution in [0.5, 0.6) is 0 Å². The summed E-state index contributed by atoms with van der Waals surface area (Å²) in [6, 6.07) is 23.8. The number of aliphatic hydroxyl groups is 1. The lowest BCUT2D eigenvalue weighted by Gasteiger charge is -2.30. The van der Waals surface area contributed by atoms with E-state index in [-0.39, 0.29) is 0 Å². The van der Waals surface area contributed by atoms with Gasteiger partial charge in [-0.15, -0.1) is 0 Å². The van der Waals surface area contributed by atoms with Crippen LogP contribution in [0.15, 0.2) is 91.3 Å². The lowest BCUT2D eigenvalue weighted by molar-refractivity contribution is 0.125. The lowest BCUT2D eigenvalue weighted by Crippen LogP contribution is -2.29. The van der Waals surface area contributed by atoms with Crippen LogP contribution >= 0.6 is 23.2 Å². The van der Waals surface area contributed by atoms with E-state index < -0.39 is 5.60 Å². The average Bonchev–Trinajstić information content (AvgIpc) is 3.37. The highest BCUT2D eigenvalue weighted by atomic mass is 35.5. The van der Waals surface area contributed by atoms with Crippen molar-refractivity contribution < 1.29 is 5.11 Å². The molecule has 0 saturated carbocycles. The Morgan fingerprint density at radius 1 is 0.800 bits per heavy atom. The highest BCUT2D eigenvalue weighted by molar-refractivity contribution is 6.31. The number of halogens is 2. The van der Waals surface area contributed by atoms with Gasteiger partial charge in [0, 0.05) is 39.0 Å². The first-order chi connectivity index (χ1) is 17.0. The summed E-state index contributed by atoms with van der Waals surface area (Å²) >= 11 is 12.4. The summed E-state index contributed by atoms with van der Waals surface area (Å²) in [7, 11) is 0. The zero-order valence-electron chi connectivity index (χ0n) is 18.0. The normalized spacial score (nSPS) is 13.2. The quantitative estimate of drug-likeness (QED) is 0.353. The molecule has 0 amide bonds. The molecule has 3 aromatic heterocycles. The largest absolute Gasteiger partial charge is 0.376 e. The Morgan fingerprint density at radius 3 is 2.40 bits per heavy atom. The number of aromatic nitrogens is 6. The fourth-order valence-corrected chi connectivity index (χ4v) is 4.64. The summed E-state index contributed by atoms with van der Waals surface area (Å²) in [4.78, 5) is 8.96. The molecule has 6 rings (SSSR count). The van der Waals surface area contributed by atoms with Crippen LogP contribution in [0.25, 0.3) is 27.9 Å². The van der Waals surface area contributed by atoms with Gasteiger partial charge in [0.1, 0.15) is 5.60 Å². The van der Waals surface area contributed by atoms with E-state index >= 15 is 0 Å². The van der Waals surface area contributed by atoms with Crippen molar-refractivity contribution in [2.24, 2.45) is 0 Å². The summed E-state index contributed by atoms with van der Waals surface area (Å²) in [6.45, 7) is 0. The van der Waals surface area contributed by atoms with E-state index in [4.69, 9.17) is 28.2 Å². The lowest BCUT2D eigenvalue weighted by atomic mass is 9.80. The molecule has 1 unspecified atom stereocenters. The van der Waals surface area contributed by atoms with Crippen LogP contribution in [-0.4, -0.2) is 35.1 Å². The predicted octanol–water partition coefficient (Wildman–Crippen LogP) is 5.33. The highest BCUT2D eigenvalue weighted by Gasteiger charge is 2.34. The van der Waals surface area contributed by atoms with Crippen molar-refractivity contribution in [2.75, 3.05) is 0 Å². The monoisotopic (exact) mass is 498 g/mol. The van der Waals surface area contributed by atoms with Crippen molar-refractivity contribution in [2.45, 2.75) is 5.60 Å². The molecule has 3 heterocycles. The average molecular weight is 499 g/mol. The molecule has 1 atom stereocenters. The molecule has 0 radical (unpaired) electrons. The Labute approximate surface area is 209 Å². The molecular weight excluding hydrogens is 483 g/mol. The van der Waals surface area contributed by atoms with Crippen LogP contribution in [0.2, 0.25) is 10.0 Å². The first-order valence-electron chi connectivity index (χ1n) is 10.7. The number of tetrazole rings is 1. The third kappa shape index (κ3) is 3.61. The van der Waals surface area contributed by atoms with Gasteiger partial charge in [0.25, 0.3) is 5.78 Å². The maximum Gasteiger partial charge on any atom is 0.274 e. The Morgan fingerprint density at radius 2 is 1.63 bits per heavy atom. The SMILES string of the molecule is OC(c1ccc(Cl)cc1)(c1cccnc1)c1ccc2c(c1)c(-c1cccc(Cl)c1)nc1nnnn12. The van der Waals surface area contributed by atoms with E-state index in [0.717, 1.165) is 16.5 Å². The Balaban J connectivity index is 1.67. The zero-order valence-corrected chi connectivity index (χ0v) is 19.6. The number of hydrogen-bond acceptors (Lipinski definition) is 6. The Bertz CT molecular complexity index is 1690. The number of pyridine rings is 1. The van der Waals surface area contributed by atoms with Gasteiger partial charge in [-0.2, -0.15) is 4.52 Å². The molecular formula is C26H16Cl2N6O. The molecule has 9 heteroatoms. The zero-order chi connectivity index (χ0) is 24.0. The summed E-state index contributed by atoms with van der Waals surface area (Å²) in [5.74, 6) is 0.362. The van der Waals surface area contributed by atoms with Gasteiger partial charge in [0.15, 0.2) is 0 Å². The number of nitrogens with zero attached hydrogens (tertiary/aromatic N) is 6. The minimum atomic E-state index is -1.51. The third-order valence-electron chi connectivity index (χ3n) is 6.00. The van der Waals surface area contributed by atoms with Gasteiger partial charge in [-0.05, 0) is 64.0 Å². The van der Waals surface area contributed by atoms with Gasteiger partial charge in [-0.1, -0.05) is 64.7 Å². The minimum Gasteiger partial charge on any atom is -0.376 e. The van der Waals surface area contributed by atoms with Crippen molar-refractivity contribution in [1.82, 2.24) is 30.0 Å². The first kappa shape index (κ1) is 21.6. The molecule has 0 aliphatic heterocycles. The van der Waals surface area contributed by atoms with E-state index in [1.807, 2.05) is 42.5 Å². The van der Waals surface area contributed by atoms with Crippen LogP contribution < -0.4 is 0 Å². The second-order valence-electron chi connectivity index (χ2n) is 8.05. The van der Waals surface area contributed by atoms with Crippen molar-refractivity contribution in [1.29, 1.82) is 0 Å². The van der Waals surface area contributed by atoms with Gasteiger partial charge in [-0.3, -0.25) is 4.98 Å². The summed E-state index contributed by atoms with van der Waals surface area (Å²) in [5, 5.41) is 26.1. The van der Waals surface area contributed by atoms with Gasteiger partial charge in [0.2, 0.25) is 0 Å². The number of rotatable bonds is 4. The minimum absolute atomic E-state index is 0.362. The molecule has 170 valence electrons. The maximum absolute atomic E-state index is 12.3. The van der Waals surface area contributed by atoms with Crippen LogP contribution in [0.4, 0.5) is 0 Å². The summed E-state index contributed by atoms with van der Waals surface area (Å²) < 4.78 is 1.57. The van der Waals surface area contributed by atoms with Gasteiger partial charge in [0.05, 0.1) is 11.2 Å². The molecule has 0 bridgehead atoms. The first-order valence-corrected chi connectivity index (χ1v) is 11.5. The highest BCUT2D eigenvalue weighted by Crippen LogP contribution is 2.39. The van der Waals surface area contributed by atoms with E-state index in [0.29, 0.717) is 38.2 Å². The molecule has 6 aromatic rings. The van der Waals surface area contributed by atoms with Gasteiger partial charge in [-0.25, -0.2) is 4.98 Å². The van der Waals surface area contributed by atoms with Crippen molar-refractivity contribution in [3.05, 3.63) is 118 Å². The summed E-state index contributed by atoms with van der Waals surface area (Å²) in [5.41, 5.74) is 2.57. The fourth-order valence-electron chi connectivity index (χ4n) is 4.33. The standard InChI is InChI=1S/C26H16Cl2N6O/c27-20-9-6-17(7-10-20)26(35,19-4-2-12-29-15-19)18-8-11-23-22(14-18)24(16-3-1-5-21(28)13-16)30-25-31-32-33-34(23)25/h1-15,35H. The second-order valence-corrected chi connectivity index (χ2v) is 8.93. The third-order valence-corrected chi connectivity index (χ3v) is 6.49. The molecule has 35 heavy (non-hydrogen) atoms. The predicted molar refractivity (Wildman–Crippen MR) is 134 cm³/mol. The molecule has 0 aliphatic rings. The Hall–Kier alpha value is -3.91. The molecule has 0 saturated heterocycles. The van der Waals surface area contributed by atoms with Crippen LogP contribution in [0.1, 0.15) is 16.7 Å². The topological polar surface area (TPSA) is 89.1 Å². The fraction of sp³-hybridized carbons (Fsp3) is 0.0385. The number of hydrogen-bond donors (Lipinski definition) is 1. The molecule has 0 fully saturated rings. The van der Waals surface area contributed by atoms with Gasteiger partial charge >= 0.3 is 0 Å². The van der Waals surface area contributed by atoms with E-state index in [1.54, 1.807) is 53.3 Å². The van der Waals surface area contributed by atoms with Crippen LogP contribution in [-0.2, 0) is 5.60 Å². The summed E-state index contributed by atoms with van der Waals surface area (Å²) in [6.07, 6.45) is 3.32. The van der Waals surface area contributed by atoms with Crippen LogP contribution in [0, 0.1) is 0 Å². The number of fused-ring (bicyclic) bond motifs is 3. The van der Waals surface area contributed by atoms with E-state index in [1.165, 1.54) is 0 Å². The maximum atomic E-state index is 12.3.